The molecule has 2 aromatic rings. The van der Waals surface area contributed by atoms with Crippen molar-refractivity contribution in [1.82, 2.24) is 0 Å². The lowest BCUT2D eigenvalue weighted by atomic mass is 9.98. The van der Waals surface area contributed by atoms with E-state index in [0.717, 1.165) is 0 Å². The van der Waals surface area contributed by atoms with Crippen LogP contribution in [0, 0.1) is 4.91 Å². The molecule has 100 valence electrons. The van der Waals surface area contributed by atoms with Gasteiger partial charge in [-0.05, 0) is 30.3 Å². The zero-order valence-electron chi connectivity index (χ0n) is 10.7. The predicted octanol–water partition coefficient (Wildman–Crippen LogP) is 2.83. The first-order valence-corrected chi connectivity index (χ1v) is 5.83. The number of ketones is 1. The molecule has 5 nitrogen and oxygen atoms in total. The highest BCUT2D eigenvalue weighted by molar-refractivity contribution is 6.15. The van der Waals surface area contributed by atoms with Crippen LogP contribution in [-0.4, -0.2) is 18.8 Å². The van der Waals surface area contributed by atoms with Crippen LogP contribution in [0.25, 0.3) is 0 Å². The molecule has 0 fully saturated rings. The smallest absolute Gasteiger partial charge is 0.317 e. The van der Waals surface area contributed by atoms with E-state index in [9.17, 15) is 14.5 Å². The summed E-state index contributed by atoms with van der Waals surface area (Å²) in [5, 5.41) is 2.36. The Morgan fingerprint density at radius 3 is 2.10 bits per heavy atom. The van der Waals surface area contributed by atoms with Gasteiger partial charge in [0.2, 0.25) is 0 Å². The fourth-order valence-corrected chi connectivity index (χ4v) is 1.81. The van der Waals surface area contributed by atoms with Crippen molar-refractivity contribution in [2.24, 2.45) is 5.18 Å². The van der Waals surface area contributed by atoms with Crippen LogP contribution in [0.4, 0.5) is 0 Å². The Balaban J connectivity index is 2.42. The van der Waals surface area contributed by atoms with Crippen molar-refractivity contribution in [1.29, 1.82) is 0 Å². The minimum atomic E-state index is -0.956. The van der Waals surface area contributed by atoms with E-state index in [1.54, 1.807) is 36.4 Å². The summed E-state index contributed by atoms with van der Waals surface area (Å²) in [5.74, 6) is -0.678. The molecule has 0 saturated carbocycles. The summed E-state index contributed by atoms with van der Waals surface area (Å²) in [4.78, 5) is 34.1. The Morgan fingerprint density at radius 2 is 1.55 bits per heavy atom. The molecule has 0 bridgehead atoms. The van der Waals surface area contributed by atoms with E-state index in [1.807, 2.05) is 0 Å². The Hall–Kier alpha value is -2.82. The van der Waals surface area contributed by atoms with E-state index in [4.69, 9.17) is 4.74 Å². The molecule has 1 amide bonds. The summed E-state index contributed by atoms with van der Waals surface area (Å²) >= 11 is 0. The number of hydrogen-bond donors (Lipinski definition) is 0. The third-order valence-corrected chi connectivity index (χ3v) is 2.84. The molecule has 0 saturated heterocycles. The lowest BCUT2D eigenvalue weighted by molar-refractivity contribution is 0.0981. The second-order valence-electron chi connectivity index (χ2n) is 4.00. The first kappa shape index (κ1) is 13.6. The Morgan fingerprint density at radius 1 is 0.950 bits per heavy atom. The van der Waals surface area contributed by atoms with Gasteiger partial charge in [-0.25, -0.2) is 0 Å². The fourth-order valence-electron chi connectivity index (χ4n) is 1.81. The van der Waals surface area contributed by atoms with Crippen molar-refractivity contribution in [2.45, 2.75) is 0 Å². The first-order valence-electron chi connectivity index (χ1n) is 5.83. The molecular formula is C15H11NO4. The first-order chi connectivity index (χ1) is 9.67. The molecule has 0 aliphatic rings. The van der Waals surface area contributed by atoms with Gasteiger partial charge in [-0.3, -0.25) is 9.59 Å². The summed E-state index contributed by atoms with van der Waals surface area (Å²) in [6.07, 6.45) is 0. The zero-order chi connectivity index (χ0) is 14.5. The number of carbonyl (C=O) groups excluding carboxylic acids is 2. The molecule has 0 aromatic heterocycles. The van der Waals surface area contributed by atoms with Crippen molar-refractivity contribution < 1.29 is 14.3 Å². The predicted molar refractivity (Wildman–Crippen MR) is 73.0 cm³/mol. The third kappa shape index (κ3) is 2.61. The largest absolute Gasteiger partial charge is 0.497 e. The maximum atomic E-state index is 12.4. The lowest BCUT2D eigenvalue weighted by Crippen LogP contribution is -2.08. The third-order valence-electron chi connectivity index (χ3n) is 2.84. The van der Waals surface area contributed by atoms with Gasteiger partial charge in [0.05, 0.1) is 12.7 Å². The van der Waals surface area contributed by atoms with Gasteiger partial charge in [-0.15, -0.1) is 4.91 Å². The Bertz CT molecular complexity index is 662. The second-order valence-corrected chi connectivity index (χ2v) is 4.00. The van der Waals surface area contributed by atoms with Crippen LogP contribution in [-0.2, 0) is 0 Å². The highest BCUT2D eigenvalue weighted by atomic mass is 16.5. The minimum Gasteiger partial charge on any atom is -0.497 e. The highest BCUT2D eigenvalue weighted by Gasteiger charge is 2.18. The quantitative estimate of drug-likeness (QED) is 0.632. The van der Waals surface area contributed by atoms with Crippen LogP contribution in [0.1, 0.15) is 26.3 Å². The number of nitroso groups, excluding NO2 is 1. The summed E-state index contributed by atoms with van der Waals surface area (Å²) < 4.78 is 5.01. The molecular weight excluding hydrogens is 258 g/mol. The van der Waals surface area contributed by atoms with Crippen molar-refractivity contribution >= 4 is 11.7 Å². The number of methoxy groups -OCH3 is 1. The van der Waals surface area contributed by atoms with Gasteiger partial charge in [-0.2, -0.15) is 0 Å². The van der Waals surface area contributed by atoms with Gasteiger partial charge in [-0.1, -0.05) is 18.2 Å². The Kier molecular flexibility index (Phi) is 4.00. The molecule has 5 heteroatoms. The van der Waals surface area contributed by atoms with Crippen LogP contribution in [0.5, 0.6) is 5.75 Å². The van der Waals surface area contributed by atoms with Gasteiger partial charge in [0, 0.05) is 16.3 Å². The standard InChI is InChI=1S/C15H11NO4/c1-20-11-8-6-10(7-9-11)14(17)12-4-2-3-5-13(12)15(18)16-19/h2-9H,1H3. The SMILES string of the molecule is COc1ccc(C(=O)c2ccccc2C(=O)N=O)cc1. The van der Waals surface area contributed by atoms with Crippen molar-refractivity contribution in [3.05, 3.63) is 70.1 Å². The van der Waals surface area contributed by atoms with Crippen LogP contribution in [0.3, 0.4) is 0 Å². The average Bonchev–Trinajstić information content (AvgIpc) is 2.53. The minimum absolute atomic E-state index is 0.00307. The van der Waals surface area contributed by atoms with Crippen molar-refractivity contribution in [3.8, 4) is 5.75 Å². The lowest BCUT2D eigenvalue weighted by Gasteiger charge is -2.06. The average molecular weight is 269 g/mol. The number of ether oxygens (including phenoxy) is 1. The molecule has 0 heterocycles. The van der Waals surface area contributed by atoms with Gasteiger partial charge in [0.15, 0.2) is 5.78 Å². The van der Waals surface area contributed by atoms with Gasteiger partial charge >= 0.3 is 5.91 Å². The fraction of sp³-hybridized carbons (Fsp3) is 0.0667. The van der Waals surface area contributed by atoms with E-state index < -0.39 is 5.91 Å². The van der Waals surface area contributed by atoms with E-state index in [-0.39, 0.29) is 16.9 Å². The van der Waals surface area contributed by atoms with Crippen LogP contribution < -0.4 is 4.74 Å². The van der Waals surface area contributed by atoms with E-state index in [2.05, 4.69) is 5.18 Å². The molecule has 0 unspecified atom stereocenters. The maximum absolute atomic E-state index is 12.4. The van der Waals surface area contributed by atoms with E-state index in [0.29, 0.717) is 11.3 Å². The zero-order valence-corrected chi connectivity index (χ0v) is 10.7. The number of rotatable bonds is 4. The summed E-state index contributed by atoms with van der Waals surface area (Å²) in [6, 6.07) is 12.6. The number of benzene rings is 2. The summed E-state index contributed by atoms with van der Waals surface area (Å²) in [5.41, 5.74) is 0.558. The van der Waals surface area contributed by atoms with Crippen LogP contribution >= 0.6 is 0 Å². The van der Waals surface area contributed by atoms with E-state index >= 15 is 0 Å². The molecule has 2 rings (SSSR count). The second kappa shape index (κ2) is 5.88. The number of carbonyl (C=O) groups is 2. The molecule has 20 heavy (non-hydrogen) atoms. The van der Waals surface area contributed by atoms with Gasteiger partial charge < -0.3 is 4.74 Å². The molecule has 2 aromatic carbocycles. The number of nitrogens with zero attached hydrogens (tertiary/aromatic N) is 1. The van der Waals surface area contributed by atoms with Crippen LogP contribution in [0.15, 0.2) is 53.7 Å². The molecule has 0 N–H and O–H groups in total. The molecule has 0 spiro atoms. The molecule has 0 aliphatic heterocycles. The normalized spacial score (nSPS) is 9.85. The molecule has 0 radical (unpaired) electrons. The number of hydrogen-bond acceptors (Lipinski definition) is 4. The van der Waals surface area contributed by atoms with Crippen LogP contribution in [0.2, 0.25) is 0 Å². The van der Waals surface area contributed by atoms with Crippen molar-refractivity contribution in [2.75, 3.05) is 7.11 Å². The highest BCUT2D eigenvalue weighted by Crippen LogP contribution is 2.18. The van der Waals surface area contributed by atoms with Gasteiger partial charge in [0.25, 0.3) is 0 Å². The number of amides is 1. The maximum Gasteiger partial charge on any atom is 0.317 e. The molecule has 0 aliphatic carbocycles. The monoisotopic (exact) mass is 269 g/mol. The Labute approximate surface area is 115 Å². The van der Waals surface area contributed by atoms with Gasteiger partial charge in [0.1, 0.15) is 5.75 Å². The molecule has 0 atom stereocenters. The summed E-state index contributed by atoms with van der Waals surface area (Å²) in [7, 11) is 1.53. The van der Waals surface area contributed by atoms with Crippen molar-refractivity contribution in [3.63, 3.8) is 0 Å². The topological polar surface area (TPSA) is 72.8 Å². The summed E-state index contributed by atoms with van der Waals surface area (Å²) in [6.45, 7) is 0. The van der Waals surface area contributed by atoms with E-state index in [1.165, 1.54) is 19.2 Å².